The third kappa shape index (κ3) is 5.33. The van der Waals surface area contributed by atoms with Gasteiger partial charge in [-0.1, -0.05) is 90.6 Å². The lowest BCUT2D eigenvalue weighted by Crippen LogP contribution is -2.35. The van der Waals surface area contributed by atoms with Crippen molar-refractivity contribution in [1.29, 1.82) is 0 Å². The number of fused-ring (bicyclic) bond motifs is 1. The maximum Gasteiger partial charge on any atom is 0.236 e. The monoisotopic (exact) mass is 426 g/mol. The number of rotatable bonds is 7. The van der Waals surface area contributed by atoms with Gasteiger partial charge < -0.3 is 4.90 Å². The van der Waals surface area contributed by atoms with Crippen LogP contribution in [0, 0.1) is 6.92 Å². The summed E-state index contributed by atoms with van der Waals surface area (Å²) in [4.78, 5) is 20.2. The van der Waals surface area contributed by atoms with E-state index >= 15 is 0 Å². The summed E-state index contributed by atoms with van der Waals surface area (Å²) in [5.41, 5.74) is 4.40. The molecule has 1 unspecified atom stereocenters. The fourth-order valence-corrected chi connectivity index (χ4v) is 4.69. The molecule has 0 aliphatic heterocycles. The second kappa shape index (κ2) is 9.80. The summed E-state index contributed by atoms with van der Waals surface area (Å²) in [6.07, 6.45) is 0. The molecule has 1 heterocycles. The minimum atomic E-state index is -0.236. The van der Waals surface area contributed by atoms with Gasteiger partial charge in [-0.2, -0.15) is 0 Å². The van der Waals surface area contributed by atoms with Gasteiger partial charge in [-0.05, 0) is 42.7 Å². The molecule has 1 amide bonds. The molecule has 0 aliphatic rings. The van der Waals surface area contributed by atoms with Crippen molar-refractivity contribution < 1.29 is 4.79 Å². The van der Waals surface area contributed by atoms with Crippen LogP contribution in [-0.4, -0.2) is 21.0 Å². The van der Waals surface area contributed by atoms with Crippen molar-refractivity contribution in [2.75, 3.05) is 0 Å². The van der Waals surface area contributed by atoms with Gasteiger partial charge in [0, 0.05) is 18.5 Å². The van der Waals surface area contributed by atoms with E-state index in [-0.39, 0.29) is 11.2 Å². The molecule has 0 fully saturated rings. The van der Waals surface area contributed by atoms with Gasteiger partial charge in [-0.3, -0.25) is 4.79 Å². The van der Waals surface area contributed by atoms with Crippen molar-refractivity contribution in [2.24, 2.45) is 0 Å². The van der Waals surface area contributed by atoms with Crippen molar-refractivity contribution in [1.82, 2.24) is 9.88 Å². The summed E-state index contributed by atoms with van der Waals surface area (Å²) in [6, 6.07) is 30.5. The summed E-state index contributed by atoms with van der Waals surface area (Å²) < 4.78 is 0. The molecule has 1 atom stereocenters. The van der Waals surface area contributed by atoms with Crippen LogP contribution in [0.3, 0.4) is 0 Å². The Morgan fingerprint density at radius 2 is 1.42 bits per heavy atom. The molecule has 4 rings (SSSR count). The Hall–Kier alpha value is -3.11. The number of benzene rings is 3. The Labute approximate surface area is 188 Å². The number of amides is 1. The van der Waals surface area contributed by atoms with Gasteiger partial charge in [0.15, 0.2) is 0 Å². The fraction of sp³-hybridized carbons (Fsp3) is 0.185. The van der Waals surface area contributed by atoms with Crippen LogP contribution < -0.4 is 0 Å². The molecule has 0 radical (unpaired) electrons. The molecular weight excluding hydrogens is 400 g/mol. The van der Waals surface area contributed by atoms with Gasteiger partial charge in [0.1, 0.15) is 0 Å². The highest BCUT2D eigenvalue weighted by Crippen LogP contribution is 2.28. The number of nitrogens with zero attached hydrogens (tertiary/aromatic N) is 2. The Balaban J connectivity index is 1.55. The van der Waals surface area contributed by atoms with Crippen LogP contribution >= 0.6 is 11.8 Å². The van der Waals surface area contributed by atoms with E-state index in [1.807, 2.05) is 66.4 Å². The van der Waals surface area contributed by atoms with Crippen LogP contribution in [0.1, 0.15) is 23.6 Å². The second-order valence-electron chi connectivity index (χ2n) is 7.72. The standard InChI is InChI=1S/C27H26N2OS/c1-20-17-26(28-25-16-10-9-15-24(20)25)31-21(2)27(30)29(18-22-11-5-3-6-12-22)19-23-13-7-4-8-14-23/h3-17,21H,18-19H2,1-2H3. The zero-order valence-corrected chi connectivity index (χ0v) is 18.7. The van der Waals surface area contributed by atoms with Crippen LogP contribution in [0.5, 0.6) is 0 Å². The predicted octanol–water partition coefficient (Wildman–Crippen LogP) is 6.25. The molecule has 0 aliphatic carbocycles. The predicted molar refractivity (Wildman–Crippen MR) is 129 cm³/mol. The number of pyridine rings is 1. The first kappa shape index (κ1) is 21.1. The third-order valence-electron chi connectivity index (χ3n) is 5.29. The molecule has 3 nitrogen and oxygen atoms in total. The number of carbonyl (C=O) groups is 1. The maximum absolute atomic E-state index is 13.5. The van der Waals surface area contributed by atoms with E-state index in [2.05, 4.69) is 43.3 Å². The van der Waals surface area contributed by atoms with Crippen molar-refractivity contribution in [3.05, 3.63) is 108 Å². The fourth-order valence-electron chi connectivity index (χ4n) is 3.69. The summed E-state index contributed by atoms with van der Waals surface area (Å²) in [5, 5.41) is 1.80. The van der Waals surface area contributed by atoms with Crippen LogP contribution in [0.15, 0.2) is 96.0 Å². The van der Waals surface area contributed by atoms with Gasteiger partial charge in [-0.25, -0.2) is 4.98 Å². The van der Waals surface area contributed by atoms with Gasteiger partial charge in [-0.15, -0.1) is 0 Å². The van der Waals surface area contributed by atoms with Gasteiger partial charge >= 0.3 is 0 Å². The molecule has 0 bridgehead atoms. The summed E-state index contributed by atoms with van der Waals surface area (Å²) in [7, 11) is 0. The smallest absolute Gasteiger partial charge is 0.236 e. The molecule has 4 aromatic rings. The maximum atomic E-state index is 13.5. The van der Waals surface area contributed by atoms with E-state index in [9.17, 15) is 4.79 Å². The molecule has 156 valence electrons. The molecule has 3 aromatic carbocycles. The first-order valence-corrected chi connectivity index (χ1v) is 11.4. The Bertz CT molecular complexity index is 1120. The molecule has 1 aromatic heterocycles. The number of thioether (sulfide) groups is 1. The summed E-state index contributed by atoms with van der Waals surface area (Å²) in [5.74, 6) is 0.116. The Morgan fingerprint density at radius 3 is 2.03 bits per heavy atom. The highest BCUT2D eigenvalue weighted by Gasteiger charge is 2.23. The summed E-state index contributed by atoms with van der Waals surface area (Å²) in [6.45, 7) is 5.24. The van der Waals surface area contributed by atoms with Crippen LogP contribution in [-0.2, 0) is 17.9 Å². The molecule has 4 heteroatoms. The van der Waals surface area contributed by atoms with Gasteiger partial charge in [0.2, 0.25) is 5.91 Å². The largest absolute Gasteiger partial charge is 0.333 e. The highest BCUT2D eigenvalue weighted by atomic mass is 32.2. The average Bonchev–Trinajstić information content (AvgIpc) is 2.79. The minimum Gasteiger partial charge on any atom is -0.333 e. The lowest BCUT2D eigenvalue weighted by molar-refractivity contribution is -0.131. The normalized spacial score (nSPS) is 11.9. The molecule has 0 N–H and O–H groups in total. The van der Waals surface area contributed by atoms with Crippen LogP contribution in [0.25, 0.3) is 10.9 Å². The molecule has 0 saturated heterocycles. The molecule has 31 heavy (non-hydrogen) atoms. The lowest BCUT2D eigenvalue weighted by atomic mass is 10.1. The Morgan fingerprint density at radius 1 is 0.871 bits per heavy atom. The first-order chi connectivity index (χ1) is 15.1. The highest BCUT2D eigenvalue weighted by molar-refractivity contribution is 8.00. The molecule has 0 spiro atoms. The SMILES string of the molecule is Cc1cc(SC(C)C(=O)N(Cc2ccccc2)Cc2ccccc2)nc2ccccc12. The molecular formula is C27H26N2OS. The number of aromatic nitrogens is 1. The summed E-state index contributed by atoms with van der Waals surface area (Å²) >= 11 is 1.53. The number of aryl methyl sites for hydroxylation is 1. The van der Waals surface area contributed by atoms with E-state index in [0.717, 1.165) is 27.1 Å². The van der Waals surface area contributed by atoms with Crippen molar-refractivity contribution >= 4 is 28.6 Å². The van der Waals surface area contributed by atoms with E-state index in [4.69, 9.17) is 4.98 Å². The number of para-hydroxylation sites is 1. The van der Waals surface area contributed by atoms with E-state index in [0.29, 0.717) is 13.1 Å². The van der Waals surface area contributed by atoms with Crippen molar-refractivity contribution in [3.8, 4) is 0 Å². The number of hydrogen-bond acceptors (Lipinski definition) is 3. The van der Waals surface area contributed by atoms with E-state index in [1.165, 1.54) is 17.3 Å². The lowest BCUT2D eigenvalue weighted by Gasteiger charge is -2.26. The first-order valence-electron chi connectivity index (χ1n) is 10.5. The zero-order valence-electron chi connectivity index (χ0n) is 17.9. The minimum absolute atomic E-state index is 0.116. The van der Waals surface area contributed by atoms with E-state index < -0.39 is 0 Å². The van der Waals surface area contributed by atoms with Crippen molar-refractivity contribution in [3.63, 3.8) is 0 Å². The Kier molecular flexibility index (Phi) is 6.68. The van der Waals surface area contributed by atoms with E-state index in [1.54, 1.807) is 0 Å². The number of carbonyl (C=O) groups excluding carboxylic acids is 1. The van der Waals surface area contributed by atoms with Crippen molar-refractivity contribution in [2.45, 2.75) is 37.2 Å². The van der Waals surface area contributed by atoms with Crippen LogP contribution in [0.2, 0.25) is 0 Å². The second-order valence-corrected chi connectivity index (χ2v) is 9.08. The molecule has 0 saturated carbocycles. The van der Waals surface area contributed by atoms with Gasteiger partial charge in [0.05, 0.1) is 15.8 Å². The van der Waals surface area contributed by atoms with Gasteiger partial charge in [0.25, 0.3) is 0 Å². The third-order valence-corrected chi connectivity index (χ3v) is 6.29. The average molecular weight is 427 g/mol. The topological polar surface area (TPSA) is 33.2 Å². The van der Waals surface area contributed by atoms with Crippen LogP contribution in [0.4, 0.5) is 0 Å². The number of hydrogen-bond donors (Lipinski definition) is 0. The quantitative estimate of drug-likeness (QED) is 0.327. The zero-order chi connectivity index (χ0) is 21.6.